The molecule has 0 aromatic carbocycles. The molecule has 0 unspecified atom stereocenters. The molecule has 0 saturated heterocycles. The molecule has 0 fully saturated rings. The standard InChI is InChI=1S/C14H20N4O/c1-11(2)16-8-13-10-19-14(17-13)18(3)9-12-4-6-15-7-5-12/h4-7,10-11,16H,8-9H2,1-3H3. The van der Waals surface area contributed by atoms with Crippen LogP contribution in [0.1, 0.15) is 25.1 Å². The fourth-order valence-electron chi connectivity index (χ4n) is 1.69. The van der Waals surface area contributed by atoms with Gasteiger partial charge in [0.15, 0.2) is 0 Å². The van der Waals surface area contributed by atoms with Crippen molar-refractivity contribution >= 4 is 6.01 Å². The molecule has 2 rings (SSSR count). The minimum Gasteiger partial charge on any atom is -0.432 e. The normalized spacial score (nSPS) is 10.9. The lowest BCUT2D eigenvalue weighted by Gasteiger charge is -2.13. The van der Waals surface area contributed by atoms with Gasteiger partial charge in [-0.25, -0.2) is 0 Å². The first-order valence-electron chi connectivity index (χ1n) is 6.43. The van der Waals surface area contributed by atoms with E-state index in [1.54, 1.807) is 18.7 Å². The summed E-state index contributed by atoms with van der Waals surface area (Å²) in [5, 5.41) is 3.31. The maximum Gasteiger partial charge on any atom is 0.297 e. The lowest BCUT2D eigenvalue weighted by molar-refractivity contribution is 0.540. The second-order valence-corrected chi connectivity index (χ2v) is 4.87. The molecule has 0 saturated carbocycles. The van der Waals surface area contributed by atoms with Crippen LogP contribution in [0.15, 0.2) is 35.2 Å². The van der Waals surface area contributed by atoms with E-state index in [9.17, 15) is 0 Å². The Bertz CT molecular complexity index is 495. The molecule has 0 aliphatic rings. The summed E-state index contributed by atoms with van der Waals surface area (Å²) in [5.41, 5.74) is 2.10. The van der Waals surface area contributed by atoms with E-state index in [1.807, 2.05) is 24.1 Å². The van der Waals surface area contributed by atoms with Crippen LogP contribution >= 0.6 is 0 Å². The Morgan fingerprint density at radius 2 is 2.05 bits per heavy atom. The summed E-state index contributed by atoms with van der Waals surface area (Å²) >= 11 is 0. The van der Waals surface area contributed by atoms with Crippen molar-refractivity contribution in [2.75, 3.05) is 11.9 Å². The van der Waals surface area contributed by atoms with Gasteiger partial charge in [-0.15, -0.1) is 0 Å². The molecule has 102 valence electrons. The van der Waals surface area contributed by atoms with Gasteiger partial charge in [0, 0.05) is 38.6 Å². The Labute approximate surface area is 113 Å². The van der Waals surface area contributed by atoms with E-state index in [2.05, 4.69) is 29.1 Å². The van der Waals surface area contributed by atoms with Gasteiger partial charge in [-0.05, 0) is 17.7 Å². The molecular formula is C14H20N4O. The third kappa shape index (κ3) is 4.06. The molecular weight excluding hydrogens is 240 g/mol. The van der Waals surface area contributed by atoms with Gasteiger partial charge in [0.05, 0.1) is 5.69 Å². The van der Waals surface area contributed by atoms with Crippen LogP contribution in [-0.2, 0) is 13.1 Å². The largest absolute Gasteiger partial charge is 0.432 e. The predicted octanol–water partition coefficient (Wildman–Crippen LogP) is 2.20. The molecule has 2 aromatic rings. The summed E-state index contributed by atoms with van der Waals surface area (Å²) in [5.74, 6) is 0. The Balaban J connectivity index is 1.94. The second kappa shape index (κ2) is 6.33. The summed E-state index contributed by atoms with van der Waals surface area (Å²) in [6.07, 6.45) is 5.28. The number of anilines is 1. The smallest absolute Gasteiger partial charge is 0.297 e. The van der Waals surface area contributed by atoms with E-state index < -0.39 is 0 Å². The highest BCUT2D eigenvalue weighted by molar-refractivity contribution is 5.28. The van der Waals surface area contributed by atoms with Gasteiger partial charge in [0.25, 0.3) is 6.01 Å². The second-order valence-electron chi connectivity index (χ2n) is 4.87. The van der Waals surface area contributed by atoms with Crippen LogP contribution in [-0.4, -0.2) is 23.1 Å². The van der Waals surface area contributed by atoms with Crippen LogP contribution in [0, 0.1) is 0 Å². The predicted molar refractivity (Wildman–Crippen MR) is 74.8 cm³/mol. The maximum absolute atomic E-state index is 5.49. The molecule has 5 nitrogen and oxygen atoms in total. The highest BCUT2D eigenvalue weighted by Gasteiger charge is 2.09. The molecule has 0 spiro atoms. The fraction of sp³-hybridized carbons (Fsp3) is 0.429. The van der Waals surface area contributed by atoms with Crippen LogP contribution in [0.4, 0.5) is 6.01 Å². The molecule has 2 heterocycles. The summed E-state index contributed by atoms with van der Waals surface area (Å²) in [4.78, 5) is 10.4. The molecule has 0 bridgehead atoms. The van der Waals surface area contributed by atoms with Crippen LogP contribution in [0.2, 0.25) is 0 Å². The van der Waals surface area contributed by atoms with E-state index in [4.69, 9.17) is 4.42 Å². The Kier molecular flexibility index (Phi) is 4.52. The Hall–Kier alpha value is -1.88. The van der Waals surface area contributed by atoms with Crippen molar-refractivity contribution in [1.29, 1.82) is 0 Å². The number of hydrogen-bond donors (Lipinski definition) is 1. The number of nitrogens with zero attached hydrogens (tertiary/aromatic N) is 3. The van der Waals surface area contributed by atoms with Crippen LogP contribution < -0.4 is 10.2 Å². The van der Waals surface area contributed by atoms with E-state index in [0.717, 1.165) is 18.8 Å². The number of rotatable bonds is 6. The molecule has 19 heavy (non-hydrogen) atoms. The topological polar surface area (TPSA) is 54.2 Å². The number of pyridine rings is 1. The summed E-state index contributed by atoms with van der Waals surface area (Å²) in [7, 11) is 1.96. The molecule has 1 N–H and O–H groups in total. The van der Waals surface area contributed by atoms with Gasteiger partial charge in [0.1, 0.15) is 6.26 Å². The lowest BCUT2D eigenvalue weighted by Crippen LogP contribution is -2.22. The monoisotopic (exact) mass is 260 g/mol. The van der Waals surface area contributed by atoms with E-state index >= 15 is 0 Å². The highest BCUT2D eigenvalue weighted by atomic mass is 16.4. The molecule has 0 radical (unpaired) electrons. The molecule has 0 aliphatic carbocycles. The summed E-state index contributed by atoms with van der Waals surface area (Å²) < 4.78 is 5.49. The van der Waals surface area contributed by atoms with Gasteiger partial charge in [0.2, 0.25) is 0 Å². The van der Waals surface area contributed by atoms with Gasteiger partial charge >= 0.3 is 0 Å². The van der Waals surface area contributed by atoms with Crippen molar-refractivity contribution in [3.63, 3.8) is 0 Å². The highest BCUT2D eigenvalue weighted by Crippen LogP contribution is 2.14. The Morgan fingerprint density at radius 3 is 2.74 bits per heavy atom. The number of hydrogen-bond acceptors (Lipinski definition) is 5. The van der Waals surface area contributed by atoms with Crippen LogP contribution in [0.3, 0.4) is 0 Å². The third-order valence-electron chi connectivity index (χ3n) is 2.73. The number of oxazole rings is 1. The third-order valence-corrected chi connectivity index (χ3v) is 2.73. The first-order chi connectivity index (χ1) is 9.15. The van der Waals surface area contributed by atoms with Gasteiger partial charge in [-0.3, -0.25) is 4.98 Å². The van der Waals surface area contributed by atoms with Gasteiger partial charge in [-0.1, -0.05) is 13.8 Å². The quantitative estimate of drug-likeness (QED) is 0.863. The number of aromatic nitrogens is 2. The summed E-state index contributed by atoms with van der Waals surface area (Å²) in [6.45, 7) is 5.69. The SMILES string of the molecule is CC(C)NCc1coc(N(C)Cc2ccncc2)n1. The van der Waals surface area contributed by atoms with Crippen molar-refractivity contribution in [1.82, 2.24) is 15.3 Å². The van der Waals surface area contributed by atoms with Crippen molar-refractivity contribution in [2.45, 2.75) is 33.0 Å². The van der Waals surface area contributed by atoms with Gasteiger partial charge < -0.3 is 14.6 Å². The first kappa shape index (κ1) is 13.5. The average Bonchev–Trinajstić information content (AvgIpc) is 2.86. The van der Waals surface area contributed by atoms with E-state index in [1.165, 1.54) is 5.56 Å². The molecule has 5 heteroatoms. The van der Waals surface area contributed by atoms with Crippen molar-refractivity contribution in [2.24, 2.45) is 0 Å². The number of nitrogens with one attached hydrogen (secondary N) is 1. The van der Waals surface area contributed by atoms with Crippen molar-refractivity contribution in [3.05, 3.63) is 42.0 Å². The first-order valence-corrected chi connectivity index (χ1v) is 6.43. The van der Waals surface area contributed by atoms with Crippen molar-refractivity contribution in [3.8, 4) is 0 Å². The maximum atomic E-state index is 5.49. The van der Waals surface area contributed by atoms with Crippen LogP contribution in [0.25, 0.3) is 0 Å². The Morgan fingerprint density at radius 1 is 1.32 bits per heavy atom. The van der Waals surface area contributed by atoms with Gasteiger partial charge in [-0.2, -0.15) is 4.98 Å². The molecule has 0 amide bonds. The zero-order valence-electron chi connectivity index (χ0n) is 11.6. The minimum absolute atomic E-state index is 0.440. The summed E-state index contributed by atoms with van der Waals surface area (Å²) in [6, 6.07) is 5.05. The average molecular weight is 260 g/mol. The molecule has 0 aliphatic heterocycles. The zero-order chi connectivity index (χ0) is 13.7. The minimum atomic E-state index is 0.440. The van der Waals surface area contributed by atoms with E-state index in [0.29, 0.717) is 12.1 Å². The zero-order valence-corrected chi connectivity index (χ0v) is 11.6. The lowest BCUT2D eigenvalue weighted by atomic mass is 10.2. The molecule has 0 atom stereocenters. The van der Waals surface area contributed by atoms with Crippen molar-refractivity contribution < 1.29 is 4.42 Å². The van der Waals surface area contributed by atoms with E-state index in [-0.39, 0.29) is 0 Å². The molecule has 2 aromatic heterocycles. The fourth-order valence-corrected chi connectivity index (χ4v) is 1.69. The van der Waals surface area contributed by atoms with Crippen LogP contribution in [0.5, 0.6) is 0 Å².